The van der Waals surface area contributed by atoms with Gasteiger partial charge < -0.3 is 21.1 Å². The minimum Gasteiger partial charge on any atom is -0.399 e. The van der Waals surface area contributed by atoms with Crippen molar-refractivity contribution in [1.82, 2.24) is 0 Å². The zero-order chi connectivity index (χ0) is 13.8. The molecule has 1 heterocycles. The molecule has 1 saturated heterocycles. The van der Waals surface area contributed by atoms with Gasteiger partial charge in [0.05, 0.1) is 17.9 Å². The predicted molar refractivity (Wildman–Crippen MR) is 76.2 cm³/mol. The smallest absolute Gasteiger partial charge is 0.250 e. The van der Waals surface area contributed by atoms with Crippen LogP contribution in [0.3, 0.4) is 0 Å². The van der Waals surface area contributed by atoms with Gasteiger partial charge in [0.2, 0.25) is 0 Å². The molecule has 1 aliphatic heterocycles. The van der Waals surface area contributed by atoms with E-state index in [4.69, 9.17) is 16.2 Å². The molecular formula is C14H21N3O2. The molecule has 1 amide bonds. The van der Waals surface area contributed by atoms with E-state index in [0.29, 0.717) is 17.2 Å². The molecule has 0 spiro atoms. The van der Waals surface area contributed by atoms with Gasteiger partial charge in [0.15, 0.2) is 0 Å². The molecule has 1 aliphatic rings. The van der Waals surface area contributed by atoms with E-state index < -0.39 is 5.91 Å². The van der Waals surface area contributed by atoms with Crippen LogP contribution in [0.4, 0.5) is 11.4 Å². The summed E-state index contributed by atoms with van der Waals surface area (Å²) in [6.45, 7) is 2.47. The lowest BCUT2D eigenvalue weighted by Gasteiger charge is -2.29. The van der Waals surface area contributed by atoms with Crippen molar-refractivity contribution in [2.24, 2.45) is 11.7 Å². The summed E-state index contributed by atoms with van der Waals surface area (Å²) in [5.74, 6) is 0.0580. The van der Waals surface area contributed by atoms with Crippen LogP contribution in [0.1, 0.15) is 23.2 Å². The monoisotopic (exact) mass is 263 g/mol. The van der Waals surface area contributed by atoms with Crippen molar-refractivity contribution in [2.45, 2.75) is 12.8 Å². The van der Waals surface area contributed by atoms with Crippen molar-refractivity contribution in [3.05, 3.63) is 23.8 Å². The number of primary amides is 1. The van der Waals surface area contributed by atoms with Crippen LogP contribution in [0, 0.1) is 5.92 Å². The highest BCUT2D eigenvalue weighted by molar-refractivity contribution is 5.99. The molecule has 5 nitrogen and oxygen atoms in total. The molecule has 5 heteroatoms. The van der Waals surface area contributed by atoms with Gasteiger partial charge in [-0.05, 0) is 37.0 Å². The Balaban J connectivity index is 2.14. The Bertz CT molecular complexity index is 456. The lowest BCUT2D eigenvalue weighted by molar-refractivity contribution is 0.0576. The van der Waals surface area contributed by atoms with Crippen molar-refractivity contribution >= 4 is 17.3 Å². The number of carbonyl (C=O) groups excluding carboxylic acids is 1. The number of hydrogen-bond acceptors (Lipinski definition) is 4. The SMILES string of the molecule is CN(CC1CCCOC1)c1cc(N)ccc1C(N)=O. The number of amides is 1. The minimum absolute atomic E-state index is 0.429. The fourth-order valence-electron chi connectivity index (χ4n) is 2.51. The second-order valence-electron chi connectivity index (χ2n) is 5.10. The predicted octanol–water partition coefficient (Wildman–Crippen LogP) is 1.23. The molecule has 0 radical (unpaired) electrons. The highest BCUT2D eigenvalue weighted by atomic mass is 16.5. The van der Waals surface area contributed by atoms with Gasteiger partial charge in [0.1, 0.15) is 0 Å². The minimum atomic E-state index is -0.429. The number of nitrogens with zero attached hydrogens (tertiary/aromatic N) is 1. The zero-order valence-corrected chi connectivity index (χ0v) is 11.3. The Morgan fingerprint density at radius 3 is 2.95 bits per heavy atom. The van der Waals surface area contributed by atoms with Crippen LogP contribution in [0.25, 0.3) is 0 Å². The van der Waals surface area contributed by atoms with Gasteiger partial charge >= 0.3 is 0 Å². The molecule has 4 N–H and O–H groups in total. The molecule has 1 atom stereocenters. The van der Waals surface area contributed by atoms with Crippen LogP contribution in [0.2, 0.25) is 0 Å². The number of carbonyl (C=O) groups is 1. The lowest BCUT2D eigenvalue weighted by atomic mass is 10.0. The van der Waals surface area contributed by atoms with Gasteiger partial charge in [-0.1, -0.05) is 0 Å². The molecule has 19 heavy (non-hydrogen) atoms. The summed E-state index contributed by atoms with van der Waals surface area (Å²) < 4.78 is 5.48. The van der Waals surface area contributed by atoms with E-state index in [1.165, 1.54) is 0 Å². The van der Waals surface area contributed by atoms with Crippen LogP contribution >= 0.6 is 0 Å². The Morgan fingerprint density at radius 1 is 1.53 bits per heavy atom. The van der Waals surface area contributed by atoms with Crippen LogP contribution in [0.15, 0.2) is 18.2 Å². The van der Waals surface area contributed by atoms with E-state index in [-0.39, 0.29) is 0 Å². The Kier molecular flexibility index (Phi) is 4.27. The number of rotatable bonds is 4. The fraction of sp³-hybridized carbons (Fsp3) is 0.500. The van der Waals surface area contributed by atoms with Crippen LogP contribution < -0.4 is 16.4 Å². The average Bonchev–Trinajstić information content (AvgIpc) is 2.39. The molecule has 2 rings (SSSR count). The number of hydrogen-bond donors (Lipinski definition) is 2. The third kappa shape index (κ3) is 3.38. The number of ether oxygens (including phenoxy) is 1. The van der Waals surface area contributed by atoms with Gasteiger partial charge in [-0.25, -0.2) is 0 Å². The Labute approximate surface area is 113 Å². The maximum atomic E-state index is 11.5. The summed E-state index contributed by atoms with van der Waals surface area (Å²) >= 11 is 0. The van der Waals surface area contributed by atoms with Crippen LogP contribution in [-0.4, -0.2) is 32.7 Å². The molecule has 0 aromatic heterocycles. The zero-order valence-electron chi connectivity index (χ0n) is 11.3. The van der Waals surface area contributed by atoms with Crippen molar-refractivity contribution < 1.29 is 9.53 Å². The maximum absolute atomic E-state index is 11.5. The van der Waals surface area contributed by atoms with Gasteiger partial charge in [-0.15, -0.1) is 0 Å². The first-order chi connectivity index (χ1) is 9.08. The molecular weight excluding hydrogens is 242 g/mol. The largest absolute Gasteiger partial charge is 0.399 e. The third-order valence-corrected chi connectivity index (χ3v) is 3.49. The Hall–Kier alpha value is -1.75. The van der Waals surface area contributed by atoms with Gasteiger partial charge in [0, 0.05) is 25.9 Å². The highest BCUT2D eigenvalue weighted by Gasteiger charge is 2.19. The van der Waals surface area contributed by atoms with E-state index >= 15 is 0 Å². The van der Waals surface area contributed by atoms with Crippen LogP contribution in [0.5, 0.6) is 0 Å². The van der Waals surface area contributed by atoms with Gasteiger partial charge in [-0.2, -0.15) is 0 Å². The summed E-state index contributed by atoms with van der Waals surface area (Å²) in [7, 11) is 1.95. The molecule has 0 saturated carbocycles. The summed E-state index contributed by atoms with van der Waals surface area (Å²) in [5, 5.41) is 0. The molecule has 104 valence electrons. The van der Waals surface area contributed by atoms with E-state index in [2.05, 4.69) is 0 Å². The normalized spacial score (nSPS) is 19.1. The first-order valence-electron chi connectivity index (χ1n) is 6.56. The molecule has 0 bridgehead atoms. The van der Waals surface area contributed by atoms with Crippen LogP contribution in [-0.2, 0) is 4.74 Å². The Morgan fingerprint density at radius 2 is 2.32 bits per heavy atom. The molecule has 1 fully saturated rings. The number of benzene rings is 1. The first kappa shape index (κ1) is 13.7. The van der Waals surface area contributed by atoms with Crippen molar-refractivity contribution in [2.75, 3.05) is 37.4 Å². The standard InChI is InChI=1S/C14H21N3O2/c1-17(8-10-3-2-6-19-9-10)13-7-11(15)4-5-12(13)14(16)18/h4-5,7,10H,2-3,6,8-9,15H2,1H3,(H2,16,18). The fourth-order valence-corrected chi connectivity index (χ4v) is 2.51. The second kappa shape index (κ2) is 5.93. The van der Waals surface area contributed by atoms with E-state index in [9.17, 15) is 4.79 Å². The summed E-state index contributed by atoms with van der Waals surface area (Å²) in [5.41, 5.74) is 13.1. The highest BCUT2D eigenvalue weighted by Crippen LogP contribution is 2.24. The lowest BCUT2D eigenvalue weighted by Crippen LogP contribution is -2.32. The quantitative estimate of drug-likeness (QED) is 0.801. The van der Waals surface area contributed by atoms with E-state index in [1.807, 2.05) is 11.9 Å². The first-order valence-corrected chi connectivity index (χ1v) is 6.56. The number of anilines is 2. The van der Waals surface area contributed by atoms with Gasteiger partial charge in [0.25, 0.3) is 5.91 Å². The summed E-state index contributed by atoms with van der Waals surface area (Å²) in [6, 6.07) is 5.17. The third-order valence-electron chi connectivity index (χ3n) is 3.49. The average molecular weight is 263 g/mol. The summed E-state index contributed by atoms with van der Waals surface area (Å²) in [4.78, 5) is 13.5. The molecule has 1 aromatic rings. The van der Waals surface area contributed by atoms with E-state index in [0.717, 1.165) is 38.3 Å². The van der Waals surface area contributed by atoms with Crippen molar-refractivity contribution in [1.29, 1.82) is 0 Å². The van der Waals surface area contributed by atoms with Gasteiger partial charge in [-0.3, -0.25) is 4.79 Å². The number of nitrogen functional groups attached to an aromatic ring is 1. The van der Waals surface area contributed by atoms with Crippen molar-refractivity contribution in [3.63, 3.8) is 0 Å². The second-order valence-corrected chi connectivity index (χ2v) is 5.10. The molecule has 1 aromatic carbocycles. The molecule has 0 aliphatic carbocycles. The number of nitrogens with two attached hydrogens (primary N) is 2. The van der Waals surface area contributed by atoms with E-state index in [1.54, 1.807) is 18.2 Å². The maximum Gasteiger partial charge on any atom is 0.250 e. The topological polar surface area (TPSA) is 81.6 Å². The van der Waals surface area contributed by atoms with Crippen molar-refractivity contribution in [3.8, 4) is 0 Å². The summed E-state index contributed by atoms with van der Waals surface area (Å²) in [6.07, 6.45) is 2.25. The molecule has 1 unspecified atom stereocenters.